The number of nitrogens with zero attached hydrogens (tertiary/aromatic N) is 3. The maximum absolute atomic E-state index is 13.4. The molecule has 0 saturated carbocycles. The van der Waals surface area contributed by atoms with Gasteiger partial charge in [0.1, 0.15) is 6.17 Å². The summed E-state index contributed by atoms with van der Waals surface area (Å²) in [5.74, 6) is -0.324. The molecule has 2 aliphatic heterocycles. The van der Waals surface area contributed by atoms with Crippen LogP contribution < -0.4 is 10.2 Å². The van der Waals surface area contributed by atoms with Crippen molar-refractivity contribution in [1.82, 2.24) is 9.88 Å². The molecule has 0 saturated heterocycles. The fourth-order valence-corrected chi connectivity index (χ4v) is 6.10. The van der Waals surface area contributed by atoms with Gasteiger partial charge in [-0.25, -0.2) is 4.98 Å². The van der Waals surface area contributed by atoms with Crippen LogP contribution in [0.15, 0.2) is 48.5 Å². The lowest BCUT2D eigenvalue weighted by atomic mass is 10.0. The van der Waals surface area contributed by atoms with Crippen LogP contribution in [0.1, 0.15) is 62.3 Å². The molecule has 1 aliphatic carbocycles. The molecule has 1 unspecified atom stereocenters. The molecular formula is C25H22N4O3S. The van der Waals surface area contributed by atoms with Gasteiger partial charge >= 0.3 is 0 Å². The topological polar surface area (TPSA) is 82.6 Å². The summed E-state index contributed by atoms with van der Waals surface area (Å²) in [5.41, 5.74) is 3.70. The number of aryl methyl sites for hydroxylation is 2. The molecule has 1 N–H and O–H groups in total. The van der Waals surface area contributed by atoms with Crippen LogP contribution >= 0.6 is 11.3 Å². The first-order chi connectivity index (χ1) is 16.1. The van der Waals surface area contributed by atoms with E-state index in [0.29, 0.717) is 34.9 Å². The van der Waals surface area contributed by atoms with Crippen LogP contribution in [0, 0.1) is 0 Å². The van der Waals surface area contributed by atoms with E-state index in [0.717, 1.165) is 30.5 Å². The average Bonchev–Trinajstić information content (AvgIpc) is 3.49. The van der Waals surface area contributed by atoms with E-state index in [-0.39, 0.29) is 24.1 Å². The summed E-state index contributed by atoms with van der Waals surface area (Å²) >= 11 is 1.56. The van der Waals surface area contributed by atoms with Crippen LogP contribution in [0.5, 0.6) is 0 Å². The molecule has 0 radical (unpaired) electrons. The largest absolute Gasteiger partial charge is 0.313 e. The van der Waals surface area contributed by atoms with Crippen LogP contribution in [-0.2, 0) is 17.6 Å². The first kappa shape index (κ1) is 20.1. The normalized spacial score (nSPS) is 18.1. The van der Waals surface area contributed by atoms with Crippen molar-refractivity contribution in [2.45, 2.75) is 38.3 Å². The Labute approximate surface area is 195 Å². The van der Waals surface area contributed by atoms with Crippen LogP contribution in [-0.4, -0.2) is 34.2 Å². The van der Waals surface area contributed by atoms with Crippen molar-refractivity contribution in [2.24, 2.45) is 0 Å². The lowest BCUT2D eigenvalue weighted by Crippen LogP contribution is -2.48. The van der Waals surface area contributed by atoms with Crippen molar-refractivity contribution in [3.8, 4) is 0 Å². The number of nitrogens with one attached hydrogen (secondary N) is 1. The van der Waals surface area contributed by atoms with E-state index in [1.165, 1.54) is 4.88 Å². The molecular weight excluding hydrogens is 436 g/mol. The highest BCUT2D eigenvalue weighted by Crippen LogP contribution is 2.45. The molecule has 2 aromatic carbocycles. The third-order valence-corrected chi connectivity index (χ3v) is 7.60. The van der Waals surface area contributed by atoms with Gasteiger partial charge in [-0.15, -0.1) is 11.3 Å². The molecule has 166 valence electrons. The number of para-hydroxylation sites is 1. The zero-order valence-electron chi connectivity index (χ0n) is 17.9. The summed E-state index contributed by atoms with van der Waals surface area (Å²) < 4.78 is 0. The highest BCUT2D eigenvalue weighted by molar-refractivity contribution is 7.15. The van der Waals surface area contributed by atoms with Crippen molar-refractivity contribution < 1.29 is 14.4 Å². The van der Waals surface area contributed by atoms with E-state index >= 15 is 0 Å². The number of hydrogen-bond acceptors (Lipinski definition) is 5. The van der Waals surface area contributed by atoms with Crippen molar-refractivity contribution in [1.29, 1.82) is 0 Å². The van der Waals surface area contributed by atoms with E-state index in [1.807, 2.05) is 36.4 Å². The fourth-order valence-electron chi connectivity index (χ4n) is 5.04. The summed E-state index contributed by atoms with van der Waals surface area (Å²) in [7, 11) is 0. The van der Waals surface area contributed by atoms with Gasteiger partial charge in [0, 0.05) is 29.0 Å². The zero-order valence-corrected chi connectivity index (χ0v) is 18.7. The molecule has 0 bridgehead atoms. The molecule has 33 heavy (non-hydrogen) atoms. The first-order valence-corrected chi connectivity index (χ1v) is 12.0. The second kappa shape index (κ2) is 7.81. The zero-order chi connectivity index (χ0) is 22.5. The van der Waals surface area contributed by atoms with Gasteiger partial charge in [-0.3, -0.25) is 19.3 Å². The fraction of sp³-hybridized carbons (Fsp3) is 0.280. The van der Waals surface area contributed by atoms with Crippen molar-refractivity contribution in [3.05, 3.63) is 75.8 Å². The number of anilines is 2. The monoisotopic (exact) mass is 458 g/mol. The molecule has 6 rings (SSSR count). The summed E-state index contributed by atoms with van der Waals surface area (Å²) in [4.78, 5) is 48.4. The number of aromatic nitrogens is 1. The molecule has 0 spiro atoms. The second-order valence-electron chi connectivity index (χ2n) is 8.55. The van der Waals surface area contributed by atoms with Gasteiger partial charge in [-0.05, 0) is 43.9 Å². The van der Waals surface area contributed by atoms with Crippen LogP contribution in [0.25, 0.3) is 0 Å². The Morgan fingerprint density at radius 2 is 1.82 bits per heavy atom. The molecule has 3 heterocycles. The minimum absolute atomic E-state index is 0.102. The summed E-state index contributed by atoms with van der Waals surface area (Å²) in [6.07, 6.45) is 3.45. The third kappa shape index (κ3) is 3.24. The van der Waals surface area contributed by atoms with E-state index in [4.69, 9.17) is 0 Å². The van der Waals surface area contributed by atoms with E-state index in [1.54, 1.807) is 33.3 Å². The number of carbonyl (C=O) groups excluding carboxylic acids is 3. The van der Waals surface area contributed by atoms with Gasteiger partial charge in [-0.1, -0.05) is 30.3 Å². The average molecular weight is 459 g/mol. The maximum atomic E-state index is 13.4. The van der Waals surface area contributed by atoms with E-state index < -0.39 is 6.17 Å². The Kier molecular flexibility index (Phi) is 4.76. The molecule has 3 aliphatic rings. The van der Waals surface area contributed by atoms with Gasteiger partial charge < -0.3 is 10.2 Å². The molecule has 1 aromatic heterocycles. The summed E-state index contributed by atoms with van der Waals surface area (Å²) in [6, 6.07) is 14.7. The predicted octanol–water partition coefficient (Wildman–Crippen LogP) is 4.17. The quantitative estimate of drug-likeness (QED) is 0.622. The minimum atomic E-state index is -0.485. The minimum Gasteiger partial charge on any atom is -0.313 e. The predicted molar refractivity (Wildman–Crippen MR) is 125 cm³/mol. The standard InChI is InChI=1S/C25H22N4O3S/c30-21(27-25-26-18-10-5-12-20(18)33-25)13-6-14-28-22-15-7-1-2-8-16(15)24(32)29(22)19-11-4-3-9-17(19)23(28)31/h1-4,7-9,11,22H,5-6,10,12-14H2,(H,26,27,30). The van der Waals surface area contributed by atoms with Crippen LogP contribution in [0.4, 0.5) is 10.8 Å². The van der Waals surface area contributed by atoms with Gasteiger partial charge in [0.2, 0.25) is 5.91 Å². The van der Waals surface area contributed by atoms with Crippen LogP contribution in [0.2, 0.25) is 0 Å². The molecule has 3 aromatic rings. The number of fused-ring (bicyclic) bond motifs is 6. The van der Waals surface area contributed by atoms with Crippen molar-refractivity contribution in [2.75, 3.05) is 16.8 Å². The molecule has 0 fully saturated rings. The Morgan fingerprint density at radius 3 is 2.67 bits per heavy atom. The first-order valence-electron chi connectivity index (χ1n) is 11.2. The molecule has 3 amide bonds. The van der Waals surface area contributed by atoms with Gasteiger partial charge in [-0.2, -0.15) is 0 Å². The van der Waals surface area contributed by atoms with Gasteiger partial charge in [0.05, 0.1) is 16.9 Å². The number of rotatable bonds is 5. The maximum Gasteiger partial charge on any atom is 0.260 e. The molecule has 8 heteroatoms. The van der Waals surface area contributed by atoms with E-state index in [2.05, 4.69) is 10.3 Å². The highest BCUT2D eigenvalue weighted by Gasteiger charge is 2.47. The smallest absolute Gasteiger partial charge is 0.260 e. The Balaban J connectivity index is 1.21. The third-order valence-electron chi connectivity index (χ3n) is 6.53. The molecule has 7 nitrogen and oxygen atoms in total. The van der Waals surface area contributed by atoms with Crippen molar-refractivity contribution in [3.63, 3.8) is 0 Å². The molecule has 1 atom stereocenters. The number of amides is 3. The second-order valence-corrected chi connectivity index (χ2v) is 9.63. The number of benzene rings is 2. The van der Waals surface area contributed by atoms with Gasteiger partial charge in [0.15, 0.2) is 5.13 Å². The Hall–Kier alpha value is -3.52. The van der Waals surface area contributed by atoms with Crippen LogP contribution in [0.3, 0.4) is 0 Å². The Morgan fingerprint density at radius 1 is 1.03 bits per heavy atom. The van der Waals surface area contributed by atoms with Crippen molar-refractivity contribution >= 4 is 39.9 Å². The number of hydrogen-bond donors (Lipinski definition) is 1. The number of carbonyl (C=O) groups is 3. The summed E-state index contributed by atoms with van der Waals surface area (Å²) in [6.45, 7) is 0.373. The Bertz CT molecular complexity index is 1280. The lowest BCUT2D eigenvalue weighted by Gasteiger charge is -2.41. The SMILES string of the molecule is O=C(CCCN1C(=O)c2ccccc2N2C(=O)c3ccccc3C12)Nc1nc2c(s1)CCC2. The number of thiazole rings is 1. The van der Waals surface area contributed by atoms with E-state index in [9.17, 15) is 14.4 Å². The summed E-state index contributed by atoms with van der Waals surface area (Å²) in [5, 5.41) is 3.57. The van der Waals surface area contributed by atoms with Gasteiger partial charge in [0.25, 0.3) is 11.8 Å². The highest BCUT2D eigenvalue weighted by atomic mass is 32.1. The lowest BCUT2D eigenvalue weighted by molar-refractivity contribution is -0.116.